The molecule has 2 nitrogen and oxygen atoms in total. The van der Waals surface area contributed by atoms with Gasteiger partial charge in [-0.2, -0.15) is 0 Å². The molecule has 0 bridgehead atoms. The van der Waals surface area contributed by atoms with Crippen molar-refractivity contribution in [1.82, 2.24) is 0 Å². The van der Waals surface area contributed by atoms with Crippen molar-refractivity contribution in [3.05, 3.63) is 55.9 Å². The fourth-order valence-electron chi connectivity index (χ4n) is 1.46. The molecule has 7 heteroatoms. The first kappa shape index (κ1) is 15.9. The Morgan fingerprint density at radius 3 is 2.00 bits per heavy atom. The van der Waals surface area contributed by atoms with E-state index in [1.54, 1.807) is 24.3 Å². The lowest BCUT2D eigenvalue weighted by atomic mass is 10.3. The maximum atomic E-state index is 6.11. The van der Waals surface area contributed by atoms with Gasteiger partial charge in [0.25, 0.3) is 0 Å². The van der Waals surface area contributed by atoms with Gasteiger partial charge < -0.3 is 10.6 Å². The summed E-state index contributed by atoms with van der Waals surface area (Å²) >= 11 is 26.6. The maximum absolute atomic E-state index is 6.11. The smallest absolute Gasteiger partial charge is 0.175 e. The van der Waals surface area contributed by atoms with Gasteiger partial charge >= 0.3 is 0 Å². The molecular formula is C13H8BrCl3N2S. The Hall–Kier alpha value is -0.520. The Labute approximate surface area is 145 Å². The van der Waals surface area contributed by atoms with Crippen molar-refractivity contribution in [2.45, 2.75) is 0 Å². The third-order valence-corrected chi connectivity index (χ3v) is 3.92. The zero-order valence-corrected chi connectivity index (χ0v) is 14.6. The molecular weight excluding hydrogens is 402 g/mol. The molecule has 2 N–H and O–H groups in total. The minimum absolute atomic E-state index is 0.387. The van der Waals surface area contributed by atoms with E-state index >= 15 is 0 Å². The van der Waals surface area contributed by atoms with Crippen molar-refractivity contribution < 1.29 is 0 Å². The predicted octanol–water partition coefficient (Wildman–Crippen LogP) is 6.22. The highest BCUT2D eigenvalue weighted by atomic mass is 79.9. The van der Waals surface area contributed by atoms with Gasteiger partial charge in [0, 0.05) is 9.50 Å². The molecule has 0 saturated heterocycles. The molecule has 0 aliphatic heterocycles. The molecule has 0 aromatic heterocycles. The summed E-state index contributed by atoms with van der Waals surface area (Å²) in [5.74, 6) is 0. The molecule has 0 fully saturated rings. The van der Waals surface area contributed by atoms with Crippen molar-refractivity contribution in [3.63, 3.8) is 0 Å². The molecule has 0 spiro atoms. The minimum atomic E-state index is 0.387. The van der Waals surface area contributed by atoms with Gasteiger partial charge in [0.15, 0.2) is 5.11 Å². The number of rotatable bonds is 2. The van der Waals surface area contributed by atoms with Crippen LogP contribution in [0.15, 0.2) is 40.9 Å². The van der Waals surface area contributed by atoms with E-state index in [0.717, 1.165) is 4.47 Å². The topological polar surface area (TPSA) is 24.1 Å². The second-order valence-electron chi connectivity index (χ2n) is 3.83. The van der Waals surface area contributed by atoms with Gasteiger partial charge in [-0.25, -0.2) is 0 Å². The van der Waals surface area contributed by atoms with E-state index in [9.17, 15) is 0 Å². The highest BCUT2D eigenvalue weighted by Crippen LogP contribution is 2.27. The lowest BCUT2D eigenvalue weighted by Crippen LogP contribution is -2.19. The zero-order valence-electron chi connectivity index (χ0n) is 9.88. The van der Waals surface area contributed by atoms with E-state index in [1.807, 2.05) is 12.1 Å². The Kier molecular flexibility index (Phi) is 5.52. The van der Waals surface area contributed by atoms with Crippen LogP contribution >= 0.6 is 63.0 Å². The number of anilines is 2. The number of thiocarbonyl (C=S) groups is 1. The zero-order chi connectivity index (χ0) is 14.7. The van der Waals surface area contributed by atoms with Crippen LogP contribution in [0.2, 0.25) is 15.1 Å². The molecule has 2 aromatic carbocycles. The Bertz CT molecular complexity index is 609. The molecule has 0 aliphatic carbocycles. The van der Waals surface area contributed by atoms with Crippen molar-refractivity contribution in [3.8, 4) is 0 Å². The highest BCUT2D eigenvalue weighted by Gasteiger charge is 2.06. The van der Waals surface area contributed by atoms with Gasteiger partial charge in [0.05, 0.1) is 21.4 Å². The SMILES string of the molecule is S=C(Nc1ccc(Cl)cc1Cl)Nc1ccc(Br)cc1Cl. The van der Waals surface area contributed by atoms with Gasteiger partial charge in [-0.15, -0.1) is 0 Å². The third kappa shape index (κ3) is 4.24. The molecule has 2 aromatic rings. The first-order valence-electron chi connectivity index (χ1n) is 5.44. The fraction of sp³-hybridized carbons (Fsp3) is 0. The molecule has 0 aliphatic rings. The summed E-state index contributed by atoms with van der Waals surface area (Å²) in [6.07, 6.45) is 0. The van der Waals surface area contributed by atoms with Gasteiger partial charge in [-0.1, -0.05) is 50.7 Å². The molecule has 0 atom stereocenters. The summed E-state index contributed by atoms with van der Waals surface area (Å²) in [5, 5.41) is 7.99. The van der Waals surface area contributed by atoms with Gasteiger partial charge in [-0.3, -0.25) is 0 Å². The summed E-state index contributed by atoms with van der Waals surface area (Å²) in [4.78, 5) is 0. The fourth-order valence-corrected chi connectivity index (χ4v) is 2.85. The molecule has 104 valence electrons. The molecule has 0 radical (unpaired) electrons. The van der Waals surface area contributed by atoms with Gasteiger partial charge in [0.2, 0.25) is 0 Å². The van der Waals surface area contributed by atoms with Crippen LogP contribution in [0, 0.1) is 0 Å². The van der Waals surface area contributed by atoms with Crippen LogP contribution in [0.3, 0.4) is 0 Å². The lowest BCUT2D eigenvalue weighted by molar-refractivity contribution is 1.58. The summed E-state index contributed by atoms with van der Waals surface area (Å²) < 4.78 is 0.896. The van der Waals surface area contributed by atoms with Crippen LogP contribution in [-0.4, -0.2) is 5.11 Å². The van der Waals surface area contributed by atoms with Crippen LogP contribution in [0.1, 0.15) is 0 Å². The van der Waals surface area contributed by atoms with Crippen LogP contribution in [0.4, 0.5) is 11.4 Å². The number of hydrogen-bond donors (Lipinski definition) is 2. The minimum Gasteiger partial charge on any atom is -0.331 e. The average molecular weight is 411 g/mol. The Morgan fingerprint density at radius 2 is 1.45 bits per heavy atom. The average Bonchev–Trinajstić information content (AvgIpc) is 2.36. The van der Waals surface area contributed by atoms with E-state index in [-0.39, 0.29) is 0 Å². The highest BCUT2D eigenvalue weighted by molar-refractivity contribution is 9.10. The summed E-state index contributed by atoms with van der Waals surface area (Å²) in [6, 6.07) is 10.6. The van der Waals surface area contributed by atoms with Gasteiger partial charge in [-0.05, 0) is 48.6 Å². The van der Waals surface area contributed by atoms with Crippen LogP contribution in [0.25, 0.3) is 0 Å². The Balaban J connectivity index is 2.09. The third-order valence-electron chi connectivity index (χ3n) is 2.36. The lowest BCUT2D eigenvalue weighted by Gasteiger charge is -2.13. The van der Waals surface area contributed by atoms with Crippen molar-refractivity contribution in [2.75, 3.05) is 10.6 Å². The first-order valence-corrected chi connectivity index (χ1v) is 7.77. The van der Waals surface area contributed by atoms with Crippen molar-refractivity contribution in [2.24, 2.45) is 0 Å². The second-order valence-corrected chi connectivity index (χ2v) is 6.40. The Morgan fingerprint density at radius 1 is 0.900 bits per heavy atom. The van der Waals surface area contributed by atoms with E-state index in [2.05, 4.69) is 26.6 Å². The number of nitrogens with one attached hydrogen (secondary N) is 2. The first-order chi connectivity index (χ1) is 9.45. The monoisotopic (exact) mass is 408 g/mol. The molecule has 0 amide bonds. The van der Waals surface area contributed by atoms with Crippen LogP contribution in [-0.2, 0) is 0 Å². The normalized spacial score (nSPS) is 10.2. The number of hydrogen-bond acceptors (Lipinski definition) is 1. The van der Waals surface area contributed by atoms with Crippen LogP contribution in [0.5, 0.6) is 0 Å². The van der Waals surface area contributed by atoms with E-state index < -0.39 is 0 Å². The van der Waals surface area contributed by atoms with E-state index in [0.29, 0.717) is 31.6 Å². The largest absolute Gasteiger partial charge is 0.331 e. The standard InChI is InChI=1S/C13H8BrCl3N2S/c14-7-1-3-11(9(16)5-7)18-13(20)19-12-4-2-8(15)6-10(12)17/h1-6H,(H2,18,19,20). The van der Waals surface area contributed by atoms with Crippen molar-refractivity contribution in [1.29, 1.82) is 0 Å². The second kappa shape index (κ2) is 6.96. The molecule has 2 rings (SSSR count). The number of benzene rings is 2. The maximum Gasteiger partial charge on any atom is 0.175 e. The quantitative estimate of drug-likeness (QED) is 0.575. The van der Waals surface area contributed by atoms with E-state index in [4.69, 9.17) is 47.0 Å². The van der Waals surface area contributed by atoms with Crippen LogP contribution < -0.4 is 10.6 Å². The number of halogens is 4. The predicted molar refractivity (Wildman–Crippen MR) is 95.5 cm³/mol. The van der Waals surface area contributed by atoms with Crippen molar-refractivity contribution >= 4 is 79.4 Å². The molecule has 20 heavy (non-hydrogen) atoms. The van der Waals surface area contributed by atoms with E-state index in [1.165, 1.54) is 0 Å². The summed E-state index contributed by atoms with van der Waals surface area (Å²) in [7, 11) is 0. The molecule has 0 saturated carbocycles. The summed E-state index contributed by atoms with van der Waals surface area (Å²) in [5.41, 5.74) is 1.37. The molecule has 0 heterocycles. The molecule has 0 unspecified atom stereocenters. The van der Waals surface area contributed by atoms with Gasteiger partial charge in [0.1, 0.15) is 0 Å². The summed E-state index contributed by atoms with van der Waals surface area (Å²) in [6.45, 7) is 0.